The first-order valence-corrected chi connectivity index (χ1v) is 8.51. The van der Waals surface area contributed by atoms with Gasteiger partial charge in [0.2, 0.25) is 0 Å². The Balaban J connectivity index is 1.91. The number of carbonyl (C=O) groups is 2. The molecule has 0 saturated carbocycles. The third-order valence-electron chi connectivity index (χ3n) is 4.65. The molecule has 0 radical (unpaired) electrons. The minimum atomic E-state index is -0.402. The molecule has 3 amide bonds. The first-order chi connectivity index (χ1) is 11.0. The van der Waals surface area contributed by atoms with Crippen molar-refractivity contribution in [3.8, 4) is 0 Å². The van der Waals surface area contributed by atoms with Gasteiger partial charge in [0.1, 0.15) is 6.04 Å². The molecule has 0 fully saturated rings. The molecule has 1 aromatic rings. The van der Waals surface area contributed by atoms with Crippen molar-refractivity contribution in [1.82, 2.24) is 10.6 Å². The molecule has 5 nitrogen and oxygen atoms in total. The molecule has 0 spiro atoms. The highest BCUT2D eigenvalue weighted by Gasteiger charge is 2.28. The third kappa shape index (κ3) is 4.79. The van der Waals surface area contributed by atoms with Gasteiger partial charge >= 0.3 is 6.03 Å². The van der Waals surface area contributed by atoms with Gasteiger partial charge in [-0.25, -0.2) is 4.79 Å². The van der Waals surface area contributed by atoms with Crippen LogP contribution in [0.1, 0.15) is 50.3 Å². The Bertz CT molecular complexity index is 559. The predicted octanol–water partition coefficient (Wildman–Crippen LogP) is 1.20. The number of urea groups is 1. The molecular formula is C18H28N3O2+. The van der Waals surface area contributed by atoms with Gasteiger partial charge in [-0.05, 0) is 31.7 Å². The highest BCUT2D eigenvalue weighted by atomic mass is 16.2. The fraction of sp³-hybridized carbons (Fsp3) is 0.556. The number of amides is 3. The normalized spacial score (nSPS) is 19.3. The van der Waals surface area contributed by atoms with Gasteiger partial charge < -0.3 is 10.2 Å². The fourth-order valence-corrected chi connectivity index (χ4v) is 3.18. The molecule has 0 bridgehead atoms. The van der Waals surface area contributed by atoms with E-state index in [0.29, 0.717) is 12.6 Å². The molecule has 0 aromatic heterocycles. The maximum Gasteiger partial charge on any atom is 0.321 e. The number of benzene rings is 1. The van der Waals surface area contributed by atoms with E-state index in [4.69, 9.17) is 0 Å². The molecule has 1 aromatic carbocycles. The van der Waals surface area contributed by atoms with E-state index in [1.807, 2.05) is 20.9 Å². The quantitative estimate of drug-likeness (QED) is 0.764. The lowest BCUT2D eigenvalue weighted by Gasteiger charge is -2.30. The second kappa shape index (κ2) is 8.11. The SMILES string of the molecule is CC[C@@H](C)NC(=O)NC(=O)C[NH+](C)[C@@H]1CCCc2ccccc21. The number of hydrogen-bond acceptors (Lipinski definition) is 2. The van der Waals surface area contributed by atoms with Gasteiger partial charge in [-0.15, -0.1) is 0 Å². The number of hydrogen-bond donors (Lipinski definition) is 3. The van der Waals surface area contributed by atoms with Crippen LogP contribution >= 0.6 is 0 Å². The van der Waals surface area contributed by atoms with Crippen LogP contribution in [0.2, 0.25) is 0 Å². The van der Waals surface area contributed by atoms with Gasteiger partial charge in [0.15, 0.2) is 6.54 Å². The van der Waals surface area contributed by atoms with Crippen LogP contribution in [0, 0.1) is 0 Å². The van der Waals surface area contributed by atoms with Crippen LogP contribution in [0.3, 0.4) is 0 Å². The number of fused-ring (bicyclic) bond motifs is 1. The molecule has 0 aliphatic heterocycles. The molecule has 3 N–H and O–H groups in total. The van der Waals surface area contributed by atoms with Crippen molar-refractivity contribution < 1.29 is 14.5 Å². The summed E-state index contributed by atoms with van der Waals surface area (Å²) in [7, 11) is 2.03. The van der Waals surface area contributed by atoms with E-state index >= 15 is 0 Å². The van der Waals surface area contributed by atoms with Crippen molar-refractivity contribution in [2.24, 2.45) is 0 Å². The van der Waals surface area contributed by atoms with Crippen molar-refractivity contribution in [2.45, 2.75) is 51.6 Å². The van der Waals surface area contributed by atoms with Gasteiger partial charge in [0.05, 0.1) is 7.05 Å². The molecule has 0 saturated heterocycles. The van der Waals surface area contributed by atoms with Crippen molar-refractivity contribution in [3.63, 3.8) is 0 Å². The molecule has 3 atom stereocenters. The Morgan fingerprint density at radius 3 is 2.83 bits per heavy atom. The van der Waals surface area contributed by atoms with Gasteiger partial charge in [-0.2, -0.15) is 0 Å². The van der Waals surface area contributed by atoms with Crippen molar-refractivity contribution in [1.29, 1.82) is 0 Å². The highest BCUT2D eigenvalue weighted by Crippen LogP contribution is 2.27. The molecule has 1 aliphatic carbocycles. The van der Waals surface area contributed by atoms with Gasteiger partial charge in [0.25, 0.3) is 5.91 Å². The Morgan fingerprint density at radius 2 is 2.09 bits per heavy atom. The van der Waals surface area contributed by atoms with E-state index in [1.165, 1.54) is 11.1 Å². The number of nitrogens with one attached hydrogen (secondary N) is 3. The molecule has 2 rings (SSSR count). The first kappa shape index (κ1) is 17.5. The largest absolute Gasteiger partial charge is 0.335 e. The first-order valence-electron chi connectivity index (χ1n) is 8.51. The predicted molar refractivity (Wildman–Crippen MR) is 90.3 cm³/mol. The minimum Gasteiger partial charge on any atom is -0.335 e. The Labute approximate surface area is 138 Å². The van der Waals surface area contributed by atoms with E-state index in [2.05, 4.69) is 34.9 Å². The van der Waals surface area contributed by atoms with Crippen molar-refractivity contribution in [2.75, 3.05) is 13.6 Å². The molecule has 126 valence electrons. The molecule has 23 heavy (non-hydrogen) atoms. The zero-order valence-electron chi connectivity index (χ0n) is 14.3. The average molecular weight is 318 g/mol. The fourth-order valence-electron chi connectivity index (χ4n) is 3.18. The molecule has 1 unspecified atom stereocenters. The van der Waals surface area contributed by atoms with Crippen LogP contribution in [0.15, 0.2) is 24.3 Å². The van der Waals surface area contributed by atoms with Crippen LogP contribution in [0.5, 0.6) is 0 Å². The Kier molecular flexibility index (Phi) is 6.16. The van der Waals surface area contributed by atoms with E-state index in [0.717, 1.165) is 30.6 Å². The summed E-state index contributed by atoms with van der Waals surface area (Å²) in [5.41, 5.74) is 2.73. The van der Waals surface area contributed by atoms with Crippen LogP contribution < -0.4 is 15.5 Å². The number of carbonyl (C=O) groups excluding carboxylic acids is 2. The summed E-state index contributed by atoms with van der Waals surface area (Å²) in [6, 6.07) is 8.46. The van der Waals surface area contributed by atoms with Gasteiger partial charge in [0, 0.05) is 18.0 Å². The number of likely N-dealkylation sites (N-methyl/N-ethyl adjacent to an activating group) is 1. The number of quaternary nitrogens is 1. The Hall–Kier alpha value is -1.88. The highest BCUT2D eigenvalue weighted by molar-refractivity contribution is 5.94. The summed E-state index contributed by atoms with van der Waals surface area (Å²) >= 11 is 0. The van der Waals surface area contributed by atoms with Crippen LogP contribution in [0.4, 0.5) is 4.79 Å². The van der Waals surface area contributed by atoms with Crippen molar-refractivity contribution in [3.05, 3.63) is 35.4 Å². The average Bonchev–Trinajstić information content (AvgIpc) is 2.53. The second-order valence-corrected chi connectivity index (χ2v) is 6.50. The monoisotopic (exact) mass is 318 g/mol. The number of imide groups is 1. The Morgan fingerprint density at radius 1 is 1.35 bits per heavy atom. The number of aryl methyl sites for hydroxylation is 1. The lowest BCUT2D eigenvalue weighted by molar-refractivity contribution is -0.905. The topological polar surface area (TPSA) is 62.6 Å². The lowest BCUT2D eigenvalue weighted by Crippen LogP contribution is -3.10. The molecule has 1 aliphatic rings. The summed E-state index contributed by atoms with van der Waals surface area (Å²) in [6.45, 7) is 4.21. The van der Waals surface area contributed by atoms with E-state index in [9.17, 15) is 9.59 Å². The minimum absolute atomic E-state index is 0.0677. The van der Waals surface area contributed by atoms with E-state index in [1.54, 1.807) is 0 Å². The smallest absolute Gasteiger partial charge is 0.321 e. The van der Waals surface area contributed by atoms with Gasteiger partial charge in [-0.3, -0.25) is 10.1 Å². The van der Waals surface area contributed by atoms with Crippen molar-refractivity contribution >= 4 is 11.9 Å². The maximum absolute atomic E-state index is 12.1. The zero-order valence-corrected chi connectivity index (χ0v) is 14.3. The summed E-state index contributed by atoms with van der Waals surface area (Å²) in [5, 5.41) is 5.18. The van der Waals surface area contributed by atoms with Crippen LogP contribution in [0.25, 0.3) is 0 Å². The van der Waals surface area contributed by atoms with E-state index in [-0.39, 0.29) is 11.9 Å². The second-order valence-electron chi connectivity index (χ2n) is 6.50. The van der Waals surface area contributed by atoms with E-state index < -0.39 is 6.03 Å². The maximum atomic E-state index is 12.1. The van der Waals surface area contributed by atoms with Crippen LogP contribution in [-0.4, -0.2) is 31.6 Å². The zero-order chi connectivity index (χ0) is 16.8. The standard InChI is InChI=1S/C18H27N3O2/c1-4-13(2)19-18(23)20-17(22)12-21(3)16-11-7-9-14-8-5-6-10-15(14)16/h5-6,8,10,13,16H,4,7,9,11-12H2,1-3H3,(H2,19,20,22,23)/p+1/t13-,16-/m1/s1. The lowest BCUT2D eigenvalue weighted by atomic mass is 9.87. The number of rotatable bonds is 5. The van der Waals surface area contributed by atoms with Gasteiger partial charge in [-0.1, -0.05) is 31.2 Å². The summed E-state index contributed by atoms with van der Waals surface area (Å²) in [5.74, 6) is -0.230. The molecule has 5 heteroatoms. The summed E-state index contributed by atoms with van der Waals surface area (Å²) < 4.78 is 0. The summed E-state index contributed by atoms with van der Waals surface area (Å²) in [6.07, 6.45) is 4.18. The third-order valence-corrected chi connectivity index (χ3v) is 4.65. The van der Waals surface area contributed by atoms with Crippen LogP contribution in [-0.2, 0) is 11.2 Å². The molecule has 0 heterocycles. The summed E-state index contributed by atoms with van der Waals surface area (Å²) in [4.78, 5) is 25.0. The molecular weight excluding hydrogens is 290 g/mol.